The highest BCUT2D eigenvalue weighted by Crippen LogP contribution is 2.19. The van der Waals surface area contributed by atoms with Crippen LogP contribution in [0.15, 0.2) is 30.6 Å². The molecule has 3 heteroatoms. The van der Waals surface area contributed by atoms with E-state index in [2.05, 4.69) is 44.2 Å². The van der Waals surface area contributed by atoms with Crippen molar-refractivity contribution in [3.63, 3.8) is 0 Å². The monoisotopic (exact) mass is 231 g/mol. The topological polar surface area (TPSA) is 29.3 Å². The summed E-state index contributed by atoms with van der Waals surface area (Å²) >= 11 is 0. The van der Waals surface area contributed by atoms with Crippen molar-refractivity contribution in [2.45, 2.75) is 40.3 Å². The van der Waals surface area contributed by atoms with Gasteiger partial charge in [-0.25, -0.2) is 4.52 Å². The second-order valence-electron chi connectivity index (χ2n) is 5.67. The van der Waals surface area contributed by atoms with E-state index >= 15 is 0 Å². The molecule has 0 bridgehead atoms. The highest BCUT2D eigenvalue weighted by Gasteiger charge is 2.19. The van der Waals surface area contributed by atoms with Crippen LogP contribution in [0.25, 0.3) is 5.52 Å². The Labute approximate surface area is 103 Å². The van der Waals surface area contributed by atoms with Crippen molar-refractivity contribution in [1.29, 1.82) is 0 Å². The summed E-state index contributed by atoms with van der Waals surface area (Å²) in [7, 11) is 0. The van der Waals surface area contributed by atoms with Gasteiger partial charge in [-0.1, -0.05) is 26.8 Å². The molecule has 0 aliphatic rings. The van der Waals surface area contributed by atoms with E-state index in [1.165, 1.54) is 11.1 Å². The van der Waals surface area contributed by atoms with Crippen LogP contribution in [0.2, 0.25) is 0 Å². The quantitative estimate of drug-likeness (QED) is 0.880. The van der Waals surface area contributed by atoms with Crippen molar-refractivity contribution in [2.24, 2.45) is 5.41 Å². The van der Waals surface area contributed by atoms with Crippen LogP contribution in [0.3, 0.4) is 0 Å². The highest BCUT2D eigenvalue weighted by molar-refractivity contribution is 5.53. The van der Waals surface area contributed by atoms with Crippen molar-refractivity contribution in [3.05, 3.63) is 36.2 Å². The minimum atomic E-state index is 0.281. The van der Waals surface area contributed by atoms with Crippen molar-refractivity contribution in [2.75, 3.05) is 0 Å². The largest absolute Gasteiger partial charge is 0.310 e. The third kappa shape index (κ3) is 2.67. The van der Waals surface area contributed by atoms with Gasteiger partial charge in [0.2, 0.25) is 0 Å². The van der Waals surface area contributed by atoms with Gasteiger partial charge >= 0.3 is 0 Å². The zero-order valence-electron chi connectivity index (χ0n) is 11.1. The molecular weight excluding hydrogens is 210 g/mol. The van der Waals surface area contributed by atoms with E-state index in [1.54, 1.807) is 0 Å². The van der Waals surface area contributed by atoms with Gasteiger partial charge < -0.3 is 5.32 Å². The Morgan fingerprint density at radius 3 is 2.82 bits per heavy atom. The second-order valence-corrected chi connectivity index (χ2v) is 5.67. The summed E-state index contributed by atoms with van der Waals surface area (Å²) in [4.78, 5) is 0. The van der Waals surface area contributed by atoms with Crippen LogP contribution in [-0.2, 0) is 6.54 Å². The maximum Gasteiger partial charge on any atom is 0.0706 e. The van der Waals surface area contributed by atoms with Crippen LogP contribution < -0.4 is 5.32 Å². The van der Waals surface area contributed by atoms with E-state index in [4.69, 9.17) is 0 Å². The summed E-state index contributed by atoms with van der Waals surface area (Å²) in [5, 5.41) is 7.90. The maximum absolute atomic E-state index is 4.34. The molecule has 0 spiro atoms. The summed E-state index contributed by atoms with van der Waals surface area (Å²) in [6.07, 6.45) is 3.92. The van der Waals surface area contributed by atoms with Crippen LogP contribution in [0, 0.1) is 5.41 Å². The number of pyridine rings is 1. The molecule has 1 atom stereocenters. The highest BCUT2D eigenvalue weighted by atomic mass is 15.2. The minimum Gasteiger partial charge on any atom is -0.310 e. The molecule has 2 rings (SSSR count). The number of fused-ring (bicyclic) bond motifs is 1. The van der Waals surface area contributed by atoms with Gasteiger partial charge in [0, 0.05) is 24.3 Å². The minimum absolute atomic E-state index is 0.281. The average Bonchev–Trinajstić information content (AvgIpc) is 2.68. The fourth-order valence-corrected chi connectivity index (χ4v) is 1.69. The van der Waals surface area contributed by atoms with E-state index < -0.39 is 0 Å². The molecule has 0 radical (unpaired) electrons. The van der Waals surface area contributed by atoms with Gasteiger partial charge in [-0.3, -0.25) is 0 Å². The lowest BCUT2D eigenvalue weighted by atomic mass is 9.88. The molecule has 2 heterocycles. The Hall–Kier alpha value is -1.35. The number of aromatic nitrogens is 2. The van der Waals surface area contributed by atoms with Crippen molar-refractivity contribution < 1.29 is 0 Å². The summed E-state index contributed by atoms with van der Waals surface area (Å²) in [5.74, 6) is 0. The standard InChI is InChI=1S/C14H21N3/c1-11(14(2,3)4)15-9-12-10-16-17-8-6-5-7-13(12)17/h5-8,10-11,15H,9H2,1-4H3. The average molecular weight is 231 g/mol. The van der Waals surface area contributed by atoms with E-state index in [-0.39, 0.29) is 5.41 Å². The number of hydrogen-bond donors (Lipinski definition) is 1. The van der Waals surface area contributed by atoms with Crippen LogP contribution in [0.4, 0.5) is 0 Å². The lowest BCUT2D eigenvalue weighted by Gasteiger charge is -2.28. The molecule has 2 aromatic heterocycles. The molecule has 1 N–H and O–H groups in total. The Balaban J connectivity index is 2.09. The predicted octanol–water partition coefficient (Wildman–Crippen LogP) is 2.86. The molecule has 0 aromatic carbocycles. The summed E-state index contributed by atoms with van der Waals surface area (Å²) in [6.45, 7) is 9.85. The van der Waals surface area contributed by atoms with Crippen molar-refractivity contribution in [3.8, 4) is 0 Å². The first-order chi connectivity index (χ1) is 7.98. The van der Waals surface area contributed by atoms with Gasteiger partial charge in [-0.15, -0.1) is 0 Å². The zero-order chi connectivity index (χ0) is 12.5. The Kier molecular flexibility index (Phi) is 3.20. The summed E-state index contributed by atoms with van der Waals surface area (Å²) in [6, 6.07) is 6.62. The van der Waals surface area contributed by atoms with Gasteiger partial charge in [0.1, 0.15) is 0 Å². The molecule has 0 aliphatic carbocycles. The fourth-order valence-electron chi connectivity index (χ4n) is 1.69. The van der Waals surface area contributed by atoms with E-state index in [0.717, 1.165) is 6.54 Å². The molecular formula is C14H21N3. The number of nitrogens with one attached hydrogen (secondary N) is 1. The smallest absolute Gasteiger partial charge is 0.0706 e. The van der Waals surface area contributed by atoms with E-state index in [0.29, 0.717) is 6.04 Å². The van der Waals surface area contributed by atoms with Crippen LogP contribution in [0.5, 0.6) is 0 Å². The molecule has 1 unspecified atom stereocenters. The number of rotatable bonds is 3. The number of nitrogens with zero attached hydrogens (tertiary/aromatic N) is 2. The fraction of sp³-hybridized carbons (Fsp3) is 0.500. The van der Waals surface area contributed by atoms with E-state index in [9.17, 15) is 0 Å². The van der Waals surface area contributed by atoms with Gasteiger partial charge in [0.25, 0.3) is 0 Å². The predicted molar refractivity (Wildman–Crippen MR) is 70.9 cm³/mol. The molecule has 3 nitrogen and oxygen atoms in total. The second kappa shape index (κ2) is 4.49. The third-order valence-corrected chi connectivity index (χ3v) is 3.40. The van der Waals surface area contributed by atoms with Crippen molar-refractivity contribution >= 4 is 5.52 Å². The van der Waals surface area contributed by atoms with E-state index in [1.807, 2.05) is 29.0 Å². The first-order valence-electron chi connectivity index (χ1n) is 6.13. The Bertz CT molecular complexity index is 493. The zero-order valence-corrected chi connectivity index (χ0v) is 11.1. The van der Waals surface area contributed by atoms with Crippen LogP contribution in [0.1, 0.15) is 33.3 Å². The molecule has 0 aliphatic heterocycles. The van der Waals surface area contributed by atoms with Gasteiger partial charge in [-0.05, 0) is 24.5 Å². The summed E-state index contributed by atoms with van der Waals surface area (Å²) in [5.41, 5.74) is 2.71. The van der Waals surface area contributed by atoms with Gasteiger partial charge in [0.05, 0.1) is 11.7 Å². The molecule has 0 amide bonds. The number of hydrogen-bond acceptors (Lipinski definition) is 2. The molecule has 2 aromatic rings. The van der Waals surface area contributed by atoms with Crippen LogP contribution >= 0.6 is 0 Å². The Morgan fingerprint density at radius 1 is 1.35 bits per heavy atom. The molecule has 0 fully saturated rings. The normalized spacial score (nSPS) is 14.1. The van der Waals surface area contributed by atoms with Crippen molar-refractivity contribution in [1.82, 2.24) is 14.9 Å². The molecule has 17 heavy (non-hydrogen) atoms. The van der Waals surface area contributed by atoms with Crippen LogP contribution in [-0.4, -0.2) is 15.7 Å². The molecule has 0 saturated carbocycles. The first kappa shape index (κ1) is 12.1. The van der Waals surface area contributed by atoms with Gasteiger partial charge in [0.15, 0.2) is 0 Å². The Morgan fingerprint density at radius 2 is 2.12 bits per heavy atom. The lowest BCUT2D eigenvalue weighted by molar-refractivity contribution is 0.285. The molecule has 0 saturated heterocycles. The third-order valence-electron chi connectivity index (χ3n) is 3.40. The molecule has 92 valence electrons. The van der Waals surface area contributed by atoms with Gasteiger partial charge in [-0.2, -0.15) is 5.10 Å². The maximum atomic E-state index is 4.34. The SMILES string of the molecule is CC(NCc1cnn2ccccc12)C(C)(C)C. The summed E-state index contributed by atoms with van der Waals surface area (Å²) < 4.78 is 1.92. The lowest BCUT2D eigenvalue weighted by Crippen LogP contribution is -2.37. The first-order valence-corrected chi connectivity index (χ1v) is 6.13.